The van der Waals surface area contributed by atoms with E-state index >= 15 is 0 Å². The molecule has 0 fully saturated rings. The van der Waals surface area contributed by atoms with Crippen LogP contribution in [0.15, 0.2) is 97.1 Å². The minimum atomic E-state index is -3.78. The summed E-state index contributed by atoms with van der Waals surface area (Å²) in [5.41, 5.74) is 2.59. The number of carbonyl (C=O) groups is 1. The predicted octanol–water partition coefficient (Wildman–Crippen LogP) is 5.50. The fraction of sp³-hybridized carbons (Fsp3) is 0.167. The van der Waals surface area contributed by atoms with Crippen molar-refractivity contribution < 1.29 is 27.4 Å². The number of nitrogens with zero attached hydrogens (tertiary/aromatic N) is 1. The van der Waals surface area contributed by atoms with Gasteiger partial charge in [-0.1, -0.05) is 60.7 Å². The van der Waals surface area contributed by atoms with Crippen molar-refractivity contribution in [2.75, 3.05) is 30.1 Å². The Hall–Kier alpha value is -4.50. The Kier molecular flexibility index (Phi) is 8.73. The molecule has 0 aromatic heterocycles. The minimum absolute atomic E-state index is 0.0306. The standard InChI is InChI=1S/C30H30N2O6S/c1-36-28-18-26(27(19-29(28)37-2)32(39(3,34)35)20-22-10-6-4-7-11-22)30(33)31-24-14-16-25(17-15-24)38-21-23-12-8-5-9-13-23/h4-19H,20-21H2,1-3H3,(H,31,33). The molecule has 4 rings (SSSR count). The average Bonchev–Trinajstić information content (AvgIpc) is 2.95. The second-order valence-corrected chi connectivity index (χ2v) is 10.6. The molecule has 0 heterocycles. The Morgan fingerprint density at radius 3 is 1.92 bits per heavy atom. The molecular weight excluding hydrogens is 516 g/mol. The molecule has 0 radical (unpaired) electrons. The number of amides is 1. The zero-order valence-corrected chi connectivity index (χ0v) is 22.8. The highest BCUT2D eigenvalue weighted by Gasteiger charge is 2.26. The van der Waals surface area contributed by atoms with Gasteiger partial charge in [-0.25, -0.2) is 8.42 Å². The number of sulfonamides is 1. The average molecular weight is 547 g/mol. The Labute approximate surface area is 228 Å². The molecule has 8 nitrogen and oxygen atoms in total. The summed E-state index contributed by atoms with van der Waals surface area (Å²) in [6.07, 6.45) is 1.10. The summed E-state index contributed by atoms with van der Waals surface area (Å²) in [6, 6.07) is 28.9. The number of hydrogen-bond acceptors (Lipinski definition) is 6. The fourth-order valence-electron chi connectivity index (χ4n) is 3.96. The first-order valence-corrected chi connectivity index (χ1v) is 14.0. The van der Waals surface area contributed by atoms with Crippen LogP contribution in [0.1, 0.15) is 21.5 Å². The maximum absolute atomic E-state index is 13.5. The van der Waals surface area contributed by atoms with Crippen LogP contribution in [0.25, 0.3) is 0 Å². The third-order valence-electron chi connectivity index (χ3n) is 5.95. The van der Waals surface area contributed by atoms with Crippen LogP contribution in [0, 0.1) is 0 Å². The van der Waals surface area contributed by atoms with Crippen LogP contribution >= 0.6 is 0 Å². The van der Waals surface area contributed by atoms with E-state index in [2.05, 4.69) is 5.32 Å². The molecule has 0 aliphatic rings. The van der Waals surface area contributed by atoms with Crippen molar-refractivity contribution in [2.45, 2.75) is 13.2 Å². The van der Waals surface area contributed by atoms with Crippen LogP contribution in [0.5, 0.6) is 17.2 Å². The molecule has 0 spiro atoms. The van der Waals surface area contributed by atoms with Gasteiger partial charge in [0.1, 0.15) is 12.4 Å². The summed E-state index contributed by atoms with van der Waals surface area (Å²) in [4.78, 5) is 13.5. The van der Waals surface area contributed by atoms with Gasteiger partial charge in [0.05, 0.1) is 38.3 Å². The molecule has 0 aliphatic heterocycles. The molecule has 4 aromatic rings. The van der Waals surface area contributed by atoms with Gasteiger partial charge < -0.3 is 19.5 Å². The lowest BCUT2D eigenvalue weighted by Gasteiger charge is -2.26. The number of anilines is 2. The predicted molar refractivity (Wildman–Crippen MR) is 152 cm³/mol. The molecule has 0 bridgehead atoms. The zero-order chi connectivity index (χ0) is 27.8. The lowest BCUT2D eigenvalue weighted by molar-refractivity contribution is 0.102. The van der Waals surface area contributed by atoms with Gasteiger partial charge in [-0.3, -0.25) is 9.10 Å². The van der Waals surface area contributed by atoms with Crippen molar-refractivity contribution in [1.82, 2.24) is 0 Å². The summed E-state index contributed by atoms with van der Waals surface area (Å²) in [5, 5.41) is 2.85. The Balaban J connectivity index is 1.62. The highest BCUT2D eigenvalue weighted by Crippen LogP contribution is 2.37. The quantitative estimate of drug-likeness (QED) is 0.267. The Morgan fingerprint density at radius 1 is 0.795 bits per heavy atom. The zero-order valence-electron chi connectivity index (χ0n) is 22.0. The van der Waals surface area contributed by atoms with Crippen LogP contribution in [0.3, 0.4) is 0 Å². The Bertz CT molecular complexity index is 1510. The van der Waals surface area contributed by atoms with Crippen molar-refractivity contribution >= 4 is 27.3 Å². The second kappa shape index (κ2) is 12.4. The number of benzene rings is 4. The van der Waals surface area contributed by atoms with E-state index in [0.29, 0.717) is 29.5 Å². The summed E-state index contributed by atoms with van der Waals surface area (Å²) in [6.45, 7) is 0.452. The van der Waals surface area contributed by atoms with Crippen molar-refractivity contribution in [2.24, 2.45) is 0 Å². The van der Waals surface area contributed by atoms with Crippen LogP contribution in [0.4, 0.5) is 11.4 Å². The van der Waals surface area contributed by atoms with E-state index in [1.807, 2.05) is 60.7 Å². The Morgan fingerprint density at radius 2 is 1.36 bits per heavy atom. The molecule has 0 saturated heterocycles. The maximum Gasteiger partial charge on any atom is 0.257 e. The van der Waals surface area contributed by atoms with Gasteiger partial charge in [-0.15, -0.1) is 0 Å². The van der Waals surface area contributed by atoms with Gasteiger partial charge >= 0.3 is 0 Å². The lowest BCUT2D eigenvalue weighted by atomic mass is 10.1. The third kappa shape index (κ3) is 7.08. The molecule has 0 atom stereocenters. The summed E-state index contributed by atoms with van der Waals surface area (Å²) in [7, 11) is -0.885. The van der Waals surface area contributed by atoms with Crippen molar-refractivity contribution in [3.05, 3.63) is 114 Å². The highest BCUT2D eigenvalue weighted by molar-refractivity contribution is 7.92. The summed E-state index contributed by atoms with van der Waals surface area (Å²) < 4.78 is 43.7. The van der Waals surface area contributed by atoms with E-state index < -0.39 is 15.9 Å². The van der Waals surface area contributed by atoms with E-state index in [9.17, 15) is 13.2 Å². The fourth-order valence-corrected chi connectivity index (χ4v) is 4.85. The van der Waals surface area contributed by atoms with E-state index in [-0.39, 0.29) is 17.8 Å². The SMILES string of the molecule is COc1cc(C(=O)Nc2ccc(OCc3ccccc3)cc2)c(N(Cc2ccccc2)S(C)(=O)=O)cc1OC. The molecule has 39 heavy (non-hydrogen) atoms. The van der Waals surface area contributed by atoms with Gasteiger partial charge in [0.2, 0.25) is 10.0 Å². The van der Waals surface area contributed by atoms with Crippen LogP contribution < -0.4 is 23.8 Å². The monoisotopic (exact) mass is 546 g/mol. The number of methoxy groups -OCH3 is 2. The number of rotatable bonds is 11. The molecule has 1 amide bonds. The molecule has 0 aliphatic carbocycles. The molecule has 9 heteroatoms. The van der Waals surface area contributed by atoms with Crippen molar-refractivity contribution in [3.63, 3.8) is 0 Å². The van der Waals surface area contributed by atoms with E-state index in [0.717, 1.165) is 17.4 Å². The van der Waals surface area contributed by atoms with Crippen molar-refractivity contribution in [1.29, 1.82) is 0 Å². The van der Waals surface area contributed by atoms with E-state index in [4.69, 9.17) is 14.2 Å². The van der Waals surface area contributed by atoms with Crippen LogP contribution in [0.2, 0.25) is 0 Å². The normalized spacial score (nSPS) is 10.9. The van der Waals surface area contributed by atoms with Gasteiger partial charge in [0.25, 0.3) is 5.91 Å². The summed E-state index contributed by atoms with van der Waals surface area (Å²) >= 11 is 0. The van der Waals surface area contributed by atoms with Gasteiger partial charge in [0.15, 0.2) is 11.5 Å². The maximum atomic E-state index is 13.5. The largest absolute Gasteiger partial charge is 0.493 e. The molecule has 202 valence electrons. The molecule has 0 unspecified atom stereocenters. The molecule has 4 aromatic carbocycles. The smallest absolute Gasteiger partial charge is 0.257 e. The molecule has 0 saturated carbocycles. The van der Waals surface area contributed by atoms with Crippen LogP contribution in [-0.2, 0) is 23.2 Å². The van der Waals surface area contributed by atoms with E-state index in [1.165, 1.54) is 30.7 Å². The molecular formula is C30H30N2O6S. The van der Waals surface area contributed by atoms with Gasteiger partial charge in [-0.05, 0) is 41.5 Å². The lowest BCUT2D eigenvalue weighted by Crippen LogP contribution is -2.31. The third-order valence-corrected chi connectivity index (χ3v) is 7.07. The number of nitrogens with one attached hydrogen (secondary N) is 1. The minimum Gasteiger partial charge on any atom is -0.493 e. The first-order valence-electron chi connectivity index (χ1n) is 12.1. The topological polar surface area (TPSA) is 94.2 Å². The number of hydrogen-bond donors (Lipinski definition) is 1. The van der Waals surface area contributed by atoms with Gasteiger partial charge in [0, 0.05) is 11.8 Å². The first kappa shape index (κ1) is 27.5. The summed E-state index contributed by atoms with van der Waals surface area (Å²) in [5.74, 6) is 0.732. The molecule has 1 N–H and O–H groups in total. The number of ether oxygens (including phenoxy) is 3. The number of carbonyl (C=O) groups excluding carboxylic acids is 1. The van der Waals surface area contributed by atoms with Gasteiger partial charge in [-0.2, -0.15) is 0 Å². The van der Waals surface area contributed by atoms with Crippen molar-refractivity contribution in [3.8, 4) is 17.2 Å². The van der Waals surface area contributed by atoms with Crippen LogP contribution in [-0.4, -0.2) is 34.8 Å². The first-order chi connectivity index (χ1) is 18.8. The second-order valence-electron chi connectivity index (χ2n) is 8.73. The highest BCUT2D eigenvalue weighted by atomic mass is 32.2. The van der Waals surface area contributed by atoms with E-state index in [1.54, 1.807) is 24.3 Å².